The Morgan fingerprint density at radius 1 is 0.946 bits per heavy atom. The highest BCUT2D eigenvalue weighted by Crippen LogP contribution is 2.45. The summed E-state index contributed by atoms with van der Waals surface area (Å²) in [5.41, 5.74) is 5.91. The van der Waals surface area contributed by atoms with E-state index in [2.05, 4.69) is 52.5 Å². The molecule has 6 rings (SSSR count). The van der Waals surface area contributed by atoms with Crippen LogP contribution < -0.4 is 9.47 Å². The average Bonchev–Trinajstić information content (AvgIpc) is 3.42. The minimum Gasteiger partial charge on any atom is -0.338 e. The van der Waals surface area contributed by atoms with Crippen LogP contribution in [0, 0.1) is 6.92 Å². The van der Waals surface area contributed by atoms with Crippen LogP contribution in [-0.4, -0.2) is 32.1 Å². The van der Waals surface area contributed by atoms with Gasteiger partial charge in [0.1, 0.15) is 22.4 Å². The van der Waals surface area contributed by atoms with Gasteiger partial charge in [0.15, 0.2) is 5.69 Å². The number of hydrogen-bond acceptors (Lipinski definition) is 7. The highest BCUT2D eigenvalue weighted by Gasteiger charge is 2.27. The monoisotopic (exact) mass is 523 g/mol. The number of benzene rings is 3. The molecule has 0 bridgehead atoms. The van der Waals surface area contributed by atoms with Crippen LogP contribution in [0.15, 0.2) is 93.9 Å². The van der Waals surface area contributed by atoms with Crippen LogP contribution >= 0.6 is 23.5 Å². The van der Waals surface area contributed by atoms with Crippen LogP contribution in [0.25, 0.3) is 22.8 Å². The number of carbonyl (C=O) groups is 1. The van der Waals surface area contributed by atoms with Crippen LogP contribution in [-0.2, 0) is 7.05 Å². The maximum absolute atomic E-state index is 13.4. The molecule has 37 heavy (non-hydrogen) atoms. The number of carbonyl (C=O) groups excluding carboxylic acids is 1. The maximum Gasteiger partial charge on any atom is 0.373 e. The molecule has 0 saturated carbocycles. The summed E-state index contributed by atoms with van der Waals surface area (Å²) in [6.45, 7) is 2.04. The molecule has 0 atom stereocenters. The average molecular weight is 524 g/mol. The molecule has 0 saturated heterocycles. The molecule has 0 aliphatic carbocycles. The molecule has 182 valence electrons. The lowest BCUT2D eigenvalue weighted by atomic mass is 10.2. The molecule has 0 spiro atoms. The summed E-state index contributed by atoms with van der Waals surface area (Å²) >= 11 is 2.83. The quantitative estimate of drug-likeness (QED) is 0.177. The molecule has 2 aromatic heterocycles. The zero-order chi connectivity index (χ0) is 25.5. The highest BCUT2D eigenvalue weighted by molar-refractivity contribution is 8.13. The minimum atomic E-state index is -0.103. The molecule has 1 aliphatic heterocycles. The lowest BCUT2D eigenvalue weighted by Gasteiger charge is -2.13. The number of fused-ring (bicyclic) bond motifs is 2. The molecule has 0 amide bonds. The van der Waals surface area contributed by atoms with Gasteiger partial charge in [-0.3, -0.25) is 4.79 Å². The van der Waals surface area contributed by atoms with Crippen molar-refractivity contribution in [3.05, 3.63) is 101 Å². The van der Waals surface area contributed by atoms with E-state index >= 15 is 0 Å². The SMILES string of the molecule is Cc1cc(/C=C2\Sc3ccccc3N2C)nc(SC(=O)c2ccc3nn(C)nc3c2)[n+]1-c1ccccc1. The van der Waals surface area contributed by atoms with Crippen molar-refractivity contribution in [1.82, 2.24) is 20.0 Å². The normalized spacial score (nSPS) is 13.9. The zero-order valence-corrected chi connectivity index (χ0v) is 22.1. The second-order valence-electron chi connectivity index (χ2n) is 8.67. The molecule has 3 aromatic carbocycles. The van der Waals surface area contributed by atoms with Crippen molar-refractivity contribution in [3.63, 3.8) is 0 Å². The van der Waals surface area contributed by atoms with Gasteiger partial charge in [-0.15, -0.1) is 0 Å². The van der Waals surface area contributed by atoms with Gasteiger partial charge >= 0.3 is 5.16 Å². The van der Waals surface area contributed by atoms with Gasteiger partial charge in [-0.2, -0.15) is 19.6 Å². The Labute approximate surface area is 222 Å². The number of aromatic nitrogens is 5. The van der Waals surface area contributed by atoms with Gasteiger partial charge in [0.05, 0.1) is 10.7 Å². The van der Waals surface area contributed by atoms with Crippen molar-refractivity contribution in [3.8, 4) is 5.69 Å². The van der Waals surface area contributed by atoms with Crippen molar-refractivity contribution in [2.45, 2.75) is 17.0 Å². The summed E-state index contributed by atoms with van der Waals surface area (Å²) in [5, 5.41) is 10.2. The third-order valence-corrected chi connectivity index (χ3v) is 8.13. The third kappa shape index (κ3) is 4.52. The molecule has 7 nitrogen and oxygen atoms in total. The Morgan fingerprint density at radius 3 is 2.51 bits per heavy atom. The van der Waals surface area contributed by atoms with Gasteiger partial charge in [-0.25, -0.2) is 0 Å². The van der Waals surface area contributed by atoms with E-state index in [9.17, 15) is 4.79 Å². The Balaban J connectivity index is 1.40. The first kappa shape index (κ1) is 23.4. The molecule has 5 aromatic rings. The van der Waals surface area contributed by atoms with Crippen LogP contribution in [0.1, 0.15) is 21.7 Å². The first-order valence-electron chi connectivity index (χ1n) is 11.7. The number of hydrogen-bond donors (Lipinski definition) is 0. The first-order chi connectivity index (χ1) is 18.0. The van der Waals surface area contributed by atoms with Crippen molar-refractivity contribution < 1.29 is 9.36 Å². The fourth-order valence-electron chi connectivity index (χ4n) is 4.32. The number of nitrogens with zero attached hydrogens (tertiary/aromatic N) is 6. The van der Waals surface area contributed by atoms with Gasteiger partial charge in [0, 0.05) is 48.5 Å². The molecule has 1 aliphatic rings. The summed E-state index contributed by atoms with van der Waals surface area (Å²) in [4.78, 5) is 23.3. The fraction of sp³-hybridized carbons (Fsp3) is 0.107. The van der Waals surface area contributed by atoms with Crippen molar-refractivity contribution in [2.24, 2.45) is 7.05 Å². The van der Waals surface area contributed by atoms with E-state index < -0.39 is 0 Å². The molecule has 9 heteroatoms. The standard InChI is InChI=1S/C28H23N6OS2/c1-18-15-20(17-26-32(2)24-11-7-8-12-25(24)36-26)29-28(34(18)21-9-5-4-6-10-21)37-27(35)19-13-14-22-23(16-19)31-33(3)30-22/h4-17H,1-3H3/q+1. The van der Waals surface area contributed by atoms with E-state index in [1.165, 1.54) is 15.4 Å². The first-order valence-corrected chi connectivity index (χ1v) is 13.3. The number of para-hydroxylation sites is 2. The van der Waals surface area contributed by atoms with Gasteiger partial charge < -0.3 is 4.90 Å². The molecular weight excluding hydrogens is 500 g/mol. The van der Waals surface area contributed by atoms with Crippen molar-refractivity contribution in [1.29, 1.82) is 0 Å². The van der Waals surface area contributed by atoms with Crippen LogP contribution in [0.2, 0.25) is 0 Å². The number of rotatable bonds is 4. The molecular formula is C28H23N6OS2+. The molecule has 3 heterocycles. The second-order valence-corrected chi connectivity index (χ2v) is 10.7. The Bertz CT molecular complexity index is 1700. The summed E-state index contributed by atoms with van der Waals surface area (Å²) < 4.78 is 2.02. The largest absolute Gasteiger partial charge is 0.373 e. The van der Waals surface area contributed by atoms with E-state index in [-0.39, 0.29) is 5.12 Å². The Kier molecular flexibility index (Phi) is 6.02. The Morgan fingerprint density at radius 2 is 1.70 bits per heavy atom. The summed E-state index contributed by atoms with van der Waals surface area (Å²) in [6, 6.07) is 25.8. The van der Waals surface area contributed by atoms with Crippen LogP contribution in [0.3, 0.4) is 0 Å². The zero-order valence-electron chi connectivity index (χ0n) is 20.5. The van der Waals surface area contributed by atoms with Gasteiger partial charge in [0.2, 0.25) is 5.12 Å². The van der Waals surface area contributed by atoms with E-state index in [0.29, 0.717) is 16.2 Å². The summed E-state index contributed by atoms with van der Waals surface area (Å²) in [5.74, 6) is 0. The number of aryl methyl sites for hydroxylation is 2. The smallest absolute Gasteiger partial charge is 0.338 e. The molecule has 0 radical (unpaired) electrons. The molecule has 0 N–H and O–H groups in total. The minimum absolute atomic E-state index is 0.103. The second kappa shape index (κ2) is 9.49. The number of anilines is 1. The fourth-order valence-corrected chi connectivity index (χ4v) is 6.32. The topological polar surface area (TPSA) is 67.8 Å². The Hall–Kier alpha value is -3.95. The third-order valence-electron chi connectivity index (χ3n) is 6.08. The number of thioether (sulfide) groups is 2. The summed E-state index contributed by atoms with van der Waals surface area (Å²) in [6.07, 6.45) is 2.08. The lowest BCUT2D eigenvalue weighted by molar-refractivity contribution is -0.647. The molecule has 0 unspecified atom stereocenters. The van der Waals surface area contributed by atoms with E-state index in [1.54, 1.807) is 30.9 Å². The highest BCUT2D eigenvalue weighted by atomic mass is 32.2. The van der Waals surface area contributed by atoms with Crippen molar-refractivity contribution in [2.75, 3.05) is 11.9 Å². The van der Waals surface area contributed by atoms with E-state index in [4.69, 9.17) is 4.98 Å². The van der Waals surface area contributed by atoms with E-state index in [0.717, 1.165) is 39.4 Å². The van der Waals surface area contributed by atoms with E-state index in [1.807, 2.05) is 54.0 Å². The van der Waals surface area contributed by atoms with Crippen LogP contribution in [0.5, 0.6) is 0 Å². The van der Waals surface area contributed by atoms with Gasteiger partial charge in [-0.05, 0) is 54.4 Å². The maximum atomic E-state index is 13.4. The van der Waals surface area contributed by atoms with Crippen LogP contribution in [0.4, 0.5) is 5.69 Å². The predicted octanol–water partition coefficient (Wildman–Crippen LogP) is 5.42. The lowest BCUT2D eigenvalue weighted by Crippen LogP contribution is -2.38. The summed E-state index contributed by atoms with van der Waals surface area (Å²) in [7, 11) is 3.83. The van der Waals surface area contributed by atoms with Crippen molar-refractivity contribution >= 4 is 51.4 Å². The van der Waals surface area contributed by atoms with Gasteiger partial charge in [0.25, 0.3) is 0 Å². The molecule has 0 fully saturated rings. The predicted molar refractivity (Wildman–Crippen MR) is 148 cm³/mol. The van der Waals surface area contributed by atoms with Gasteiger partial charge in [-0.1, -0.05) is 42.1 Å².